The van der Waals surface area contributed by atoms with Crippen molar-refractivity contribution in [1.82, 2.24) is 0 Å². The van der Waals surface area contributed by atoms with Crippen molar-refractivity contribution in [2.24, 2.45) is 0 Å². The maximum Gasteiger partial charge on any atom is 0.128 e. The van der Waals surface area contributed by atoms with Gasteiger partial charge in [-0.15, -0.1) is 11.6 Å². The van der Waals surface area contributed by atoms with Crippen LogP contribution in [-0.2, 0) is 0 Å². The summed E-state index contributed by atoms with van der Waals surface area (Å²) in [5.74, 6) is -1.86. The number of benzene rings is 2. The fourth-order valence-electron chi connectivity index (χ4n) is 1.59. The summed E-state index contributed by atoms with van der Waals surface area (Å²) in [7, 11) is 0. The van der Waals surface area contributed by atoms with Crippen molar-refractivity contribution >= 4 is 27.5 Å². The van der Waals surface area contributed by atoms with Gasteiger partial charge in [0.15, 0.2) is 0 Å². The van der Waals surface area contributed by atoms with Crippen LogP contribution in [-0.4, -0.2) is 0 Å². The van der Waals surface area contributed by atoms with Crippen molar-refractivity contribution in [3.05, 3.63) is 69.4 Å². The highest BCUT2D eigenvalue weighted by Crippen LogP contribution is 2.33. The average molecular weight is 336 g/mol. The van der Waals surface area contributed by atoms with E-state index in [2.05, 4.69) is 15.9 Å². The number of hydrogen-bond donors (Lipinski definition) is 0. The van der Waals surface area contributed by atoms with Gasteiger partial charge in [0.25, 0.3) is 0 Å². The summed E-state index contributed by atoms with van der Waals surface area (Å²) >= 11 is 9.20. The number of rotatable bonds is 2. The molecule has 0 heterocycles. The Labute approximate surface area is 116 Å². The first-order valence-electron chi connectivity index (χ1n) is 5.03. The zero-order valence-corrected chi connectivity index (χ0v) is 11.3. The molecule has 2 rings (SSSR count). The normalized spacial score (nSPS) is 12.5. The molecule has 0 spiro atoms. The second-order valence-electron chi connectivity index (χ2n) is 3.69. The van der Waals surface area contributed by atoms with Crippen LogP contribution in [0.3, 0.4) is 0 Å². The van der Waals surface area contributed by atoms with Gasteiger partial charge in [0.2, 0.25) is 0 Å². The minimum absolute atomic E-state index is 0.0892. The van der Waals surface area contributed by atoms with E-state index in [0.717, 1.165) is 18.2 Å². The largest absolute Gasteiger partial charge is 0.207 e. The first kappa shape index (κ1) is 13.4. The molecule has 0 aliphatic rings. The maximum atomic E-state index is 13.6. The molecular formula is C13H7BrClF3. The van der Waals surface area contributed by atoms with Crippen molar-refractivity contribution in [2.75, 3.05) is 0 Å². The summed E-state index contributed by atoms with van der Waals surface area (Å²) in [6, 6.07) is 7.08. The van der Waals surface area contributed by atoms with Crippen LogP contribution in [0.1, 0.15) is 16.5 Å². The maximum absolute atomic E-state index is 13.6. The zero-order chi connectivity index (χ0) is 13.3. The standard InChI is InChI=1S/C13H7BrClF3/c14-7-1-3-11(17)9(5-7)13(15)10-6-8(16)2-4-12(10)18/h1-6,13H. The van der Waals surface area contributed by atoms with Crippen LogP contribution in [0.25, 0.3) is 0 Å². The summed E-state index contributed by atoms with van der Waals surface area (Å²) in [6.45, 7) is 0. The molecule has 0 aromatic heterocycles. The van der Waals surface area contributed by atoms with Crippen LogP contribution in [0.4, 0.5) is 13.2 Å². The van der Waals surface area contributed by atoms with E-state index in [4.69, 9.17) is 11.6 Å². The van der Waals surface area contributed by atoms with Crippen molar-refractivity contribution in [2.45, 2.75) is 5.38 Å². The lowest BCUT2D eigenvalue weighted by Gasteiger charge is -2.13. The van der Waals surface area contributed by atoms with Gasteiger partial charge >= 0.3 is 0 Å². The van der Waals surface area contributed by atoms with Gasteiger partial charge in [-0.3, -0.25) is 0 Å². The van der Waals surface area contributed by atoms with Crippen LogP contribution in [0.15, 0.2) is 40.9 Å². The summed E-state index contributed by atoms with van der Waals surface area (Å²) < 4.78 is 40.9. The number of alkyl halides is 1. The molecular weight excluding hydrogens is 328 g/mol. The molecule has 1 unspecified atom stereocenters. The molecule has 2 aromatic rings. The Morgan fingerprint density at radius 3 is 2.11 bits per heavy atom. The van der Waals surface area contributed by atoms with Gasteiger partial charge in [0.05, 0.1) is 5.38 Å². The topological polar surface area (TPSA) is 0 Å². The lowest BCUT2D eigenvalue weighted by Crippen LogP contribution is -2.00. The minimum Gasteiger partial charge on any atom is -0.207 e. The minimum atomic E-state index is -1.09. The SMILES string of the molecule is Fc1ccc(F)c(C(Cl)c2cc(Br)ccc2F)c1. The molecule has 0 saturated carbocycles. The fourth-order valence-corrected chi connectivity index (χ4v) is 2.30. The zero-order valence-electron chi connectivity index (χ0n) is 8.93. The Bertz CT molecular complexity index is 535. The second-order valence-corrected chi connectivity index (χ2v) is 5.05. The molecule has 0 fully saturated rings. The third-order valence-electron chi connectivity index (χ3n) is 2.46. The van der Waals surface area contributed by atoms with Gasteiger partial charge in [-0.2, -0.15) is 0 Å². The van der Waals surface area contributed by atoms with Crippen LogP contribution in [0.2, 0.25) is 0 Å². The summed E-state index contributed by atoms with van der Waals surface area (Å²) in [5.41, 5.74) is 0.00390. The highest BCUT2D eigenvalue weighted by atomic mass is 79.9. The molecule has 0 saturated heterocycles. The van der Waals surface area contributed by atoms with Gasteiger partial charge in [-0.25, -0.2) is 13.2 Å². The van der Waals surface area contributed by atoms with Crippen LogP contribution >= 0.6 is 27.5 Å². The molecule has 0 bridgehead atoms. The molecule has 2 aromatic carbocycles. The highest BCUT2D eigenvalue weighted by molar-refractivity contribution is 9.10. The van der Waals surface area contributed by atoms with E-state index < -0.39 is 22.8 Å². The van der Waals surface area contributed by atoms with Crippen molar-refractivity contribution in [3.63, 3.8) is 0 Å². The van der Waals surface area contributed by atoms with Gasteiger partial charge in [-0.05, 0) is 36.4 Å². The van der Waals surface area contributed by atoms with Gasteiger partial charge in [0.1, 0.15) is 17.5 Å². The van der Waals surface area contributed by atoms with Crippen molar-refractivity contribution in [3.8, 4) is 0 Å². The van der Waals surface area contributed by atoms with E-state index in [1.807, 2.05) is 0 Å². The van der Waals surface area contributed by atoms with Crippen molar-refractivity contribution in [1.29, 1.82) is 0 Å². The van der Waals surface area contributed by atoms with Gasteiger partial charge in [0, 0.05) is 15.6 Å². The Hall–Kier alpha value is -1.00. The summed E-state index contributed by atoms with van der Waals surface area (Å²) in [4.78, 5) is 0. The summed E-state index contributed by atoms with van der Waals surface area (Å²) in [5, 5.41) is -1.09. The predicted molar refractivity (Wildman–Crippen MR) is 68.2 cm³/mol. The molecule has 0 nitrogen and oxygen atoms in total. The molecule has 5 heteroatoms. The smallest absolute Gasteiger partial charge is 0.128 e. The predicted octanol–water partition coefficient (Wildman–Crippen LogP) is 5.19. The molecule has 0 aliphatic heterocycles. The molecule has 18 heavy (non-hydrogen) atoms. The monoisotopic (exact) mass is 334 g/mol. The average Bonchev–Trinajstić information content (AvgIpc) is 2.34. The molecule has 0 aliphatic carbocycles. The second kappa shape index (κ2) is 5.33. The molecule has 0 N–H and O–H groups in total. The van der Waals surface area contributed by atoms with Gasteiger partial charge < -0.3 is 0 Å². The van der Waals surface area contributed by atoms with Crippen LogP contribution in [0, 0.1) is 17.5 Å². The molecule has 94 valence electrons. The van der Waals surface area contributed by atoms with E-state index >= 15 is 0 Å². The molecule has 0 radical (unpaired) electrons. The lowest BCUT2D eigenvalue weighted by molar-refractivity contribution is 0.580. The van der Waals surface area contributed by atoms with E-state index in [-0.39, 0.29) is 11.1 Å². The van der Waals surface area contributed by atoms with Crippen LogP contribution < -0.4 is 0 Å². The Balaban J connectivity index is 2.50. The van der Waals surface area contributed by atoms with Crippen LogP contribution in [0.5, 0.6) is 0 Å². The van der Waals surface area contributed by atoms with Crippen molar-refractivity contribution < 1.29 is 13.2 Å². The number of halogens is 5. The Morgan fingerprint density at radius 2 is 1.44 bits per heavy atom. The highest BCUT2D eigenvalue weighted by Gasteiger charge is 2.19. The third kappa shape index (κ3) is 2.70. The van der Waals surface area contributed by atoms with E-state index in [0.29, 0.717) is 4.47 Å². The third-order valence-corrected chi connectivity index (χ3v) is 3.43. The fraction of sp³-hybridized carbons (Fsp3) is 0.0769. The van der Waals surface area contributed by atoms with E-state index in [1.165, 1.54) is 18.2 Å². The van der Waals surface area contributed by atoms with Gasteiger partial charge in [-0.1, -0.05) is 15.9 Å². The first-order chi connectivity index (χ1) is 8.49. The molecule has 0 amide bonds. The Kier molecular flexibility index (Phi) is 3.97. The first-order valence-corrected chi connectivity index (χ1v) is 6.26. The van der Waals surface area contributed by atoms with E-state index in [9.17, 15) is 13.2 Å². The molecule has 1 atom stereocenters. The quantitative estimate of drug-likeness (QED) is 0.662. The summed E-state index contributed by atoms with van der Waals surface area (Å²) in [6.07, 6.45) is 0. The lowest BCUT2D eigenvalue weighted by atomic mass is 10.0. The number of hydrogen-bond acceptors (Lipinski definition) is 0. The Morgan fingerprint density at radius 1 is 0.889 bits per heavy atom. The van der Waals surface area contributed by atoms with E-state index in [1.54, 1.807) is 0 Å².